The third-order valence-corrected chi connectivity index (χ3v) is 11.1. The molecule has 32 heavy (non-hydrogen) atoms. The number of hydrogen-bond donors (Lipinski definition) is 2. The van der Waals surface area contributed by atoms with Crippen LogP contribution >= 0.6 is 0 Å². The summed E-state index contributed by atoms with van der Waals surface area (Å²) in [4.78, 5) is 0. The van der Waals surface area contributed by atoms with Crippen LogP contribution in [0.3, 0.4) is 0 Å². The Morgan fingerprint density at radius 2 is 1.81 bits per heavy atom. The third kappa shape index (κ3) is 3.62. The number of benzene rings is 2. The van der Waals surface area contributed by atoms with Gasteiger partial charge < -0.3 is 10.2 Å². The summed E-state index contributed by atoms with van der Waals surface area (Å²) >= 11 is 0. The van der Waals surface area contributed by atoms with Crippen molar-refractivity contribution in [1.82, 2.24) is 0 Å². The van der Waals surface area contributed by atoms with Gasteiger partial charge in [0.2, 0.25) is 0 Å². The number of aryl methyl sites for hydroxylation is 1. The van der Waals surface area contributed by atoms with E-state index in [4.69, 9.17) is 0 Å². The third-order valence-electron chi connectivity index (χ3n) is 8.96. The highest BCUT2D eigenvalue weighted by molar-refractivity contribution is 6.84. The Labute approximate surface area is 194 Å². The predicted molar refractivity (Wildman–Crippen MR) is 133 cm³/mol. The number of phenolic OH excluding ortho intramolecular Hbond substituents is 1. The molecule has 2 aromatic rings. The zero-order valence-electron chi connectivity index (χ0n) is 19.7. The Bertz CT molecular complexity index is 1070. The molecule has 0 unspecified atom stereocenters. The largest absolute Gasteiger partial charge is 0.508 e. The molecule has 3 heteroatoms. The van der Waals surface area contributed by atoms with Gasteiger partial charge in [0.25, 0.3) is 0 Å². The highest BCUT2D eigenvalue weighted by atomic mass is 28.3. The van der Waals surface area contributed by atoms with E-state index in [1.807, 2.05) is 12.1 Å². The molecular formula is C29H36O2Si. The maximum Gasteiger partial charge on any atom is 0.136 e. The molecule has 3 aliphatic rings. The molecule has 2 nitrogen and oxygen atoms in total. The molecule has 0 heterocycles. The van der Waals surface area contributed by atoms with Gasteiger partial charge in [0.1, 0.15) is 19.4 Å². The molecule has 5 rings (SSSR count). The molecule has 0 radical (unpaired) electrons. The Kier molecular flexibility index (Phi) is 5.30. The molecule has 2 N–H and O–H groups in total. The van der Waals surface area contributed by atoms with Gasteiger partial charge in [-0.2, -0.15) is 0 Å². The smallest absolute Gasteiger partial charge is 0.136 e. The van der Waals surface area contributed by atoms with Crippen LogP contribution in [0.15, 0.2) is 48.5 Å². The minimum Gasteiger partial charge on any atom is -0.508 e. The first-order chi connectivity index (χ1) is 15.2. The zero-order chi connectivity index (χ0) is 22.6. The summed E-state index contributed by atoms with van der Waals surface area (Å²) in [7, 11) is -1.78. The lowest BCUT2D eigenvalue weighted by Crippen LogP contribution is -2.50. The number of aromatic hydroxyl groups is 1. The Morgan fingerprint density at radius 1 is 1.03 bits per heavy atom. The SMILES string of the molecule is C[C@]12CC[C@@H]3c4ccc(O)cc4CC[C@H]3[C@@H]1CC[C@@]2(O)C#C[Si](C)(C)Cc1ccccc1. The van der Waals surface area contributed by atoms with Crippen molar-refractivity contribution in [2.45, 2.75) is 76.1 Å². The van der Waals surface area contributed by atoms with Gasteiger partial charge in [0, 0.05) is 5.41 Å². The highest BCUT2D eigenvalue weighted by Gasteiger charge is 2.61. The van der Waals surface area contributed by atoms with Gasteiger partial charge in [-0.05, 0) is 91.1 Å². The van der Waals surface area contributed by atoms with Crippen LogP contribution in [-0.4, -0.2) is 23.9 Å². The second-order valence-electron chi connectivity index (χ2n) is 11.4. The molecule has 0 aromatic heterocycles. The van der Waals surface area contributed by atoms with Crippen LogP contribution < -0.4 is 0 Å². The van der Waals surface area contributed by atoms with Crippen molar-refractivity contribution in [3.63, 3.8) is 0 Å². The zero-order valence-corrected chi connectivity index (χ0v) is 20.7. The van der Waals surface area contributed by atoms with E-state index < -0.39 is 13.7 Å². The van der Waals surface area contributed by atoms with Crippen LogP contribution in [0.2, 0.25) is 13.1 Å². The first kappa shape index (κ1) is 21.8. The van der Waals surface area contributed by atoms with E-state index in [1.165, 1.54) is 23.1 Å². The van der Waals surface area contributed by atoms with Gasteiger partial charge in [0.05, 0.1) is 0 Å². The second kappa shape index (κ2) is 7.78. The highest BCUT2D eigenvalue weighted by Crippen LogP contribution is 2.64. The molecular weight excluding hydrogens is 408 g/mol. The van der Waals surface area contributed by atoms with Crippen LogP contribution in [0.4, 0.5) is 0 Å². The number of hydrogen-bond acceptors (Lipinski definition) is 2. The van der Waals surface area contributed by atoms with Crippen LogP contribution in [0, 0.1) is 28.7 Å². The van der Waals surface area contributed by atoms with Gasteiger partial charge in [0.15, 0.2) is 0 Å². The van der Waals surface area contributed by atoms with E-state index in [0.717, 1.165) is 38.1 Å². The van der Waals surface area contributed by atoms with Crippen molar-refractivity contribution < 1.29 is 10.2 Å². The Balaban J connectivity index is 1.39. The second-order valence-corrected chi connectivity index (χ2v) is 15.8. The van der Waals surface area contributed by atoms with Crippen molar-refractivity contribution in [2.24, 2.45) is 17.3 Å². The van der Waals surface area contributed by atoms with Crippen LogP contribution in [-0.2, 0) is 12.5 Å². The maximum absolute atomic E-state index is 11.9. The Hall–Kier alpha value is -2.02. The number of aliphatic hydroxyl groups is 1. The molecule has 3 aliphatic carbocycles. The predicted octanol–water partition coefficient (Wildman–Crippen LogP) is 6.01. The van der Waals surface area contributed by atoms with E-state index in [9.17, 15) is 10.2 Å². The number of rotatable bonds is 2. The lowest BCUT2D eigenvalue weighted by atomic mass is 9.53. The van der Waals surface area contributed by atoms with Gasteiger partial charge in [-0.1, -0.05) is 62.3 Å². The summed E-state index contributed by atoms with van der Waals surface area (Å²) < 4.78 is 0. The molecule has 2 fully saturated rings. The van der Waals surface area contributed by atoms with E-state index in [1.54, 1.807) is 0 Å². The van der Waals surface area contributed by atoms with Gasteiger partial charge in [-0.25, -0.2) is 0 Å². The van der Waals surface area contributed by atoms with Crippen molar-refractivity contribution in [2.75, 3.05) is 0 Å². The fourth-order valence-corrected chi connectivity index (χ4v) is 9.10. The van der Waals surface area contributed by atoms with E-state index >= 15 is 0 Å². The lowest BCUT2D eigenvalue weighted by Gasteiger charge is -2.52. The normalized spacial score (nSPS) is 33.4. The minimum absolute atomic E-state index is 0.118. The summed E-state index contributed by atoms with van der Waals surface area (Å²) in [6.07, 6.45) is 6.24. The average molecular weight is 445 g/mol. The quantitative estimate of drug-likeness (QED) is 0.440. The topological polar surface area (TPSA) is 40.5 Å². The molecule has 5 atom stereocenters. The molecule has 168 valence electrons. The molecule has 2 saturated carbocycles. The fraction of sp³-hybridized carbons (Fsp3) is 0.517. The van der Waals surface area contributed by atoms with E-state index in [-0.39, 0.29) is 5.41 Å². The maximum atomic E-state index is 11.9. The first-order valence-corrected chi connectivity index (χ1v) is 15.5. The molecule has 0 amide bonds. The van der Waals surface area contributed by atoms with Crippen molar-refractivity contribution in [3.05, 3.63) is 65.2 Å². The summed E-state index contributed by atoms with van der Waals surface area (Å²) in [5.74, 6) is 5.62. The fourth-order valence-electron chi connectivity index (χ4n) is 7.21. The van der Waals surface area contributed by atoms with Crippen LogP contribution in [0.1, 0.15) is 61.6 Å². The average Bonchev–Trinajstić information content (AvgIpc) is 3.04. The summed E-state index contributed by atoms with van der Waals surface area (Å²) in [5, 5.41) is 21.8. The van der Waals surface area contributed by atoms with Crippen molar-refractivity contribution in [1.29, 1.82) is 0 Å². The first-order valence-electron chi connectivity index (χ1n) is 12.3. The summed E-state index contributed by atoms with van der Waals surface area (Å²) in [6.45, 7) is 6.98. The van der Waals surface area contributed by atoms with Crippen molar-refractivity contribution >= 4 is 8.07 Å². The summed E-state index contributed by atoms with van der Waals surface area (Å²) in [6, 6.07) is 17.7. The molecule has 0 aliphatic heterocycles. The molecule has 0 saturated heterocycles. The van der Waals surface area contributed by atoms with Crippen LogP contribution in [0.25, 0.3) is 0 Å². The Morgan fingerprint density at radius 3 is 2.59 bits per heavy atom. The standard InChI is InChI=1S/C29H36O2Si/c1-28-15-13-25-24-12-10-23(30)19-22(24)9-11-26(25)27(28)14-16-29(28,31)17-18-32(2,3)20-21-7-5-4-6-8-21/h4-8,10,12,19,25-27,30-31H,9,11,13-16,20H2,1-3H3/t25-,26-,27+,28+,29-/m1/s1. The van der Waals surface area contributed by atoms with Gasteiger partial charge >= 0.3 is 0 Å². The monoisotopic (exact) mass is 444 g/mol. The minimum atomic E-state index is -1.78. The summed E-state index contributed by atoms with van der Waals surface area (Å²) in [5.41, 5.74) is 6.80. The van der Waals surface area contributed by atoms with E-state index in [2.05, 4.69) is 67.9 Å². The lowest BCUT2D eigenvalue weighted by molar-refractivity contribution is -0.0647. The number of phenols is 1. The number of fused-ring (bicyclic) bond motifs is 5. The van der Waals surface area contributed by atoms with Gasteiger partial charge in [-0.3, -0.25) is 0 Å². The van der Waals surface area contributed by atoms with Crippen molar-refractivity contribution in [3.8, 4) is 17.2 Å². The van der Waals surface area contributed by atoms with Gasteiger partial charge in [-0.15, -0.1) is 5.54 Å². The molecule has 0 spiro atoms. The molecule has 2 aromatic carbocycles. The van der Waals surface area contributed by atoms with E-state index in [0.29, 0.717) is 23.5 Å². The molecule has 0 bridgehead atoms. The van der Waals surface area contributed by atoms with Crippen LogP contribution in [0.5, 0.6) is 5.75 Å².